The molecule has 1 nitrogen and oxygen atoms in total. The highest BCUT2D eigenvalue weighted by molar-refractivity contribution is 6.81. The first kappa shape index (κ1) is 18.3. The molecule has 0 spiro atoms. The maximum Gasteiger partial charge on any atom is 0.224 e. The second kappa shape index (κ2) is 5.75. The fraction of sp³-hybridized carbons (Fsp3) is 1.00. The highest BCUT2D eigenvalue weighted by Gasteiger charge is 2.52. The van der Waals surface area contributed by atoms with Gasteiger partial charge in [-0.25, -0.2) is 4.39 Å². The topological polar surface area (TPSA) is 9.23 Å². The standard InChI is InChI=1S/C14H33FOSi2/c1-10-13(4,15)18(8,9)16-14(11-2,12-3)17(5,6)7/h10-12H2,1-9H3/t13-/m0/s1. The van der Waals surface area contributed by atoms with Gasteiger partial charge in [0.05, 0.1) is 8.07 Å². The molecule has 110 valence electrons. The van der Waals surface area contributed by atoms with Gasteiger partial charge in [-0.05, 0) is 39.3 Å². The Morgan fingerprint density at radius 2 is 1.28 bits per heavy atom. The van der Waals surface area contributed by atoms with Crippen molar-refractivity contribution < 1.29 is 8.82 Å². The monoisotopic (exact) mass is 292 g/mol. The maximum atomic E-state index is 14.7. The predicted molar refractivity (Wildman–Crippen MR) is 85.0 cm³/mol. The van der Waals surface area contributed by atoms with Gasteiger partial charge in [-0.15, -0.1) is 0 Å². The van der Waals surface area contributed by atoms with Crippen LogP contribution in [0.5, 0.6) is 0 Å². The van der Waals surface area contributed by atoms with Gasteiger partial charge in [0.1, 0.15) is 5.29 Å². The summed E-state index contributed by atoms with van der Waals surface area (Å²) >= 11 is 0. The van der Waals surface area contributed by atoms with Gasteiger partial charge in [0.2, 0.25) is 8.32 Å². The number of rotatable bonds is 7. The average molecular weight is 293 g/mol. The third kappa shape index (κ3) is 3.45. The number of hydrogen-bond donors (Lipinski definition) is 0. The van der Waals surface area contributed by atoms with Crippen molar-refractivity contribution in [3.05, 3.63) is 0 Å². The zero-order chi connectivity index (χ0) is 14.8. The van der Waals surface area contributed by atoms with Crippen LogP contribution < -0.4 is 0 Å². The van der Waals surface area contributed by atoms with E-state index in [9.17, 15) is 4.39 Å². The normalized spacial score (nSPS) is 17.7. The van der Waals surface area contributed by atoms with E-state index in [2.05, 4.69) is 33.5 Å². The largest absolute Gasteiger partial charge is 0.411 e. The summed E-state index contributed by atoms with van der Waals surface area (Å²) in [6.45, 7) is 19.1. The molecule has 0 aliphatic rings. The molecule has 0 aliphatic carbocycles. The molecular formula is C14H33FOSi2. The minimum Gasteiger partial charge on any atom is -0.411 e. The molecule has 0 unspecified atom stereocenters. The van der Waals surface area contributed by atoms with Crippen molar-refractivity contribution in [2.24, 2.45) is 0 Å². The number of hydrogen-bond acceptors (Lipinski definition) is 1. The van der Waals surface area contributed by atoms with Crippen LogP contribution in [0.15, 0.2) is 0 Å². The average Bonchev–Trinajstić information content (AvgIpc) is 2.23. The van der Waals surface area contributed by atoms with Crippen LogP contribution in [0.3, 0.4) is 0 Å². The predicted octanol–water partition coefficient (Wildman–Crippen LogP) is 5.32. The Balaban J connectivity index is 5.37. The van der Waals surface area contributed by atoms with Crippen LogP contribution in [0.4, 0.5) is 4.39 Å². The van der Waals surface area contributed by atoms with Crippen LogP contribution in [-0.4, -0.2) is 26.9 Å². The lowest BCUT2D eigenvalue weighted by Gasteiger charge is -2.50. The highest BCUT2D eigenvalue weighted by atomic mass is 28.4. The zero-order valence-electron chi connectivity index (χ0n) is 13.9. The van der Waals surface area contributed by atoms with Crippen molar-refractivity contribution in [3.63, 3.8) is 0 Å². The molecule has 0 saturated carbocycles. The molecule has 0 aromatic carbocycles. The Bertz CT molecular complexity index is 265. The van der Waals surface area contributed by atoms with Crippen LogP contribution in [0.2, 0.25) is 32.7 Å². The molecule has 0 aromatic rings. The van der Waals surface area contributed by atoms with Gasteiger partial charge in [-0.3, -0.25) is 0 Å². The lowest BCUT2D eigenvalue weighted by Crippen LogP contribution is -2.63. The molecule has 0 radical (unpaired) electrons. The number of alkyl halides is 1. The second-order valence-electron chi connectivity index (χ2n) is 7.11. The molecule has 0 saturated heterocycles. The zero-order valence-corrected chi connectivity index (χ0v) is 15.9. The fourth-order valence-corrected chi connectivity index (χ4v) is 9.07. The van der Waals surface area contributed by atoms with Gasteiger partial charge >= 0.3 is 0 Å². The molecule has 0 fully saturated rings. The lowest BCUT2D eigenvalue weighted by atomic mass is 10.2. The number of halogens is 1. The molecule has 0 amide bonds. The minimum atomic E-state index is -2.35. The molecule has 1 atom stereocenters. The maximum absolute atomic E-state index is 14.7. The van der Waals surface area contributed by atoms with E-state index in [-0.39, 0.29) is 5.22 Å². The van der Waals surface area contributed by atoms with Crippen LogP contribution >= 0.6 is 0 Å². The van der Waals surface area contributed by atoms with E-state index >= 15 is 0 Å². The summed E-state index contributed by atoms with van der Waals surface area (Å²) < 4.78 is 21.3. The molecule has 0 heterocycles. The molecular weight excluding hydrogens is 259 g/mol. The Morgan fingerprint density at radius 3 is 1.50 bits per heavy atom. The van der Waals surface area contributed by atoms with Crippen LogP contribution in [-0.2, 0) is 4.43 Å². The molecule has 0 N–H and O–H groups in total. The van der Waals surface area contributed by atoms with Crippen LogP contribution in [0, 0.1) is 0 Å². The van der Waals surface area contributed by atoms with E-state index in [4.69, 9.17) is 4.43 Å². The van der Waals surface area contributed by atoms with Gasteiger partial charge in [-0.2, -0.15) is 0 Å². The highest BCUT2D eigenvalue weighted by Crippen LogP contribution is 2.39. The van der Waals surface area contributed by atoms with Gasteiger partial charge in [-0.1, -0.05) is 40.4 Å². The van der Waals surface area contributed by atoms with Gasteiger partial charge < -0.3 is 4.43 Å². The molecule has 18 heavy (non-hydrogen) atoms. The first-order chi connectivity index (χ1) is 7.89. The summed E-state index contributed by atoms with van der Waals surface area (Å²) in [6.07, 6.45) is 2.53. The van der Waals surface area contributed by atoms with Crippen molar-refractivity contribution >= 4 is 16.4 Å². The van der Waals surface area contributed by atoms with E-state index in [0.717, 1.165) is 12.8 Å². The molecule has 0 aliphatic heterocycles. The van der Waals surface area contributed by atoms with Crippen LogP contribution in [0.1, 0.15) is 47.0 Å². The summed E-state index contributed by atoms with van der Waals surface area (Å²) in [6, 6.07) is 0. The first-order valence-electron chi connectivity index (χ1n) is 7.28. The summed E-state index contributed by atoms with van der Waals surface area (Å²) in [7, 11) is -3.84. The Hall–Kier alpha value is 0.324. The first-order valence-corrected chi connectivity index (χ1v) is 13.7. The van der Waals surface area contributed by atoms with Crippen LogP contribution in [0.25, 0.3) is 0 Å². The second-order valence-corrected chi connectivity index (χ2v) is 16.8. The quantitative estimate of drug-likeness (QED) is 0.577. The van der Waals surface area contributed by atoms with Gasteiger partial charge in [0.15, 0.2) is 0 Å². The molecule has 0 rings (SSSR count). The van der Waals surface area contributed by atoms with E-state index in [1.54, 1.807) is 6.92 Å². The van der Waals surface area contributed by atoms with E-state index in [1.165, 1.54) is 0 Å². The lowest BCUT2D eigenvalue weighted by molar-refractivity contribution is 0.0947. The SMILES string of the molecule is CCC(CC)(O[Si](C)(C)[C@](C)(F)CC)[Si](C)(C)C. The summed E-state index contributed by atoms with van der Waals surface area (Å²) in [5.41, 5.74) is 0. The van der Waals surface area contributed by atoms with Gasteiger partial charge in [0.25, 0.3) is 0 Å². The molecule has 4 heteroatoms. The Kier molecular flexibility index (Phi) is 5.86. The summed E-state index contributed by atoms with van der Waals surface area (Å²) in [5, 5.41) is -1.23. The minimum absolute atomic E-state index is 0.0781. The van der Waals surface area contributed by atoms with Crippen molar-refractivity contribution in [3.8, 4) is 0 Å². The molecule has 0 aromatic heterocycles. The summed E-state index contributed by atoms with van der Waals surface area (Å²) in [5.74, 6) is 0. The van der Waals surface area contributed by atoms with Crippen molar-refractivity contribution in [1.29, 1.82) is 0 Å². The van der Waals surface area contributed by atoms with Gasteiger partial charge in [0, 0.05) is 5.22 Å². The van der Waals surface area contributed by atoms with E-state index in [1.807, 2.05) is 20.0 Å². The van der Waals surface area contributed by atoms with Crippen molar-refractivity contribution in [1.82, 2.24) is 0 Å². The summed E-state index contributed by atoms with van der Waals surface area (Å²) in [4.78, 5) is 0. The van der Waals surface area contributed by atoms with E-state index < -0.39 is 21.7 Å². The smallest absolute Gasteiger partial charge is 0.224 e. The molecule has 0 bridgehead atoms. The van der Waals surface area contributed by atoms with E-state index in [0.29, 0.717) is 6.42 Å². The Labute approximate surface area is 116 Å². The fourth-order valence-electron chi connectivity index (χ4n) is 2.63. The third-order valence-electron chi connectivity index (χ3n) is 4.88. The third-order valence-corrected chi connectivity index (χ3v) is 12.4. The van der Waals surface area contributed by atoms with Crippen molar-refractivity contribution in [2.45, 2.75) is 90.2 Å². The van der Waals surface area contributed by atoms with Crippen molar-refractivity contribution in [2.75, 3.05) is 0 Å². The Morgan fingerprint density at radius 1 is 0.889 bits per heavy atom.